The highest BCUT2D eigenvalue weighted by Crippen LogP contribution is 2.29. The first-order valence-corrected chi connectivity index (χ1v) is 9.86. The van der Waals surface area contributed by atoms with Gasteiger partial charge in [-0.25, -0.2) is 4.79 Å². The minimum absolute atomic E-state index is 0.270. The quantitative estimate of drug-likeness (QED) is 0.479. The number of imide groups is 1. The fourth-order valence-corrected chi connectivity index (χ4v) is 3.86. The first-order chi connectivity index (χ1) is 14.5. The van der Waals surface area contributed by atoms with Crippen LogP contribution in [-0.2, 0) is 11.2 Å². The van der Waals surface area contributed by atoms with Crippen LogP contribution in [0, 0.1) is 0 Å². The summed E-state index contributed by atoms with van der Waals surface area (Å²) in [5.74, 6) is -0.296. The van der Waals surface area contributed by atoms with E-state index in [0.717, 1.165) is 16.5 Å². The van der Waals surface area contributed by atoms with Crippen LogP contribution in [0.1, 0.15) is 50.1 Å². The van der Waals surface area contributed by atoms with Gasteiger partial charge >= 0.3 is 5.97 Å². The van der Waals surface area contributed by atoms with Crippen LogP contribution in [0.3, 0.4) is 0 Å². The third-order valence-electron chi connectivity index (χ3n) is 5.28. The zero-order valence-electron chi connectivity index (χ0n) is 16.9. The van der Waals surface area contributed by atoms with E-state index in [4.69, 9.17) is 9.47 Å². The Morgan fingerprint density at radius 3 is 2.40 bits per heavy atom. The highest BCUT2D eigenvalue weighted by molar-refractivity contribution is 6.21. The van der Waals surface area contributed by atoms with Crippen LogP contribution < -0.4 is 4.74 Å². The third kappa shape index (κ3) is 3.32. The lowest BCUT2D eigenvalue weighted by molar-refractivity contribution is 0.0517. The third-order valence-corrected chi connectivity index (χ3v) is 5.28. The SMILES string of the molecule is CCOC(=O)c1[nH]c2cc(OC)ccc2c1CCCN1C(=O)c2ccccc2C1=O. The molecule has 2 heterocycles. The summed E-state index contributed by atoms with van der Waals surface area (Å²) in [6.07, 6.45) is 1.03. The van der Waals surface area contributed by atoms with Crippen molar-refractivity contribution < 1.29 is 23.9 Å². The number of aromatic nitrogens is 1. The molecule has 1 N–H and O–H groups in total. The number of nitrogens with one attached hydrogen (secondary N) is 1. The molecule has 0 spiro atoms. The molecule has 0 bridgehead atoms. The lowest BCUT2D eigenvalue weighted by atomic mass is 10.0. The van der Waals surface area contributed by atoms with Crippen LogP contribution in [-0.4, -0.2) is 47.9 Å². The first kappa shape index (κ1) is 19.7. The van der Waals surface area contributed by atoms with Crippen molar-refractivity contribution in [2.24, 2.45) is 0 Å². The topological polar surface area (TPSA) is 88.7 Å². The predicted molar refractivity (Wildman–Crippen MR) is 111 cm³/mol. The second-order valence-electron chi connectivity index (χ2n) is 7.02. The molecule has 3 aromatic rings. The van der Waals surface area contributed by atoms with Gasteiger partial charge in [0.05, 0.1) is 30.4 Å². The molecule has 1 aliphatic rings. The number of esters is 1. The van der Waals surface area contributed by atoms with Gasteiger partial charge in [-0.2, -0.15) is 0 Å². The number of H-pyrrole nitrogens is 1. The molecule has 0 aliphatic carbocycles. The fourth-order valence-electron chi connectivity index (χ4n) is 3.86. The average molecular weight is 406 g/mol. The van der Waals surface area contributed by atoms with Crippen LogP contribution in [0.5, 0.6) is 5.75 Å². The maximum atomic E-state index is 12.6. The number of methoxy groups -OCH3 is 1. The van der Waals surface area contributed by atoms with Crippen molar-refractivity contribution in [3.05, 3.63) is 64.8 Å². The summed E-state index contributed by atoms with van der Waals surface area (Å²) in [7, 11) is 1.58. The largest absolute Gasteiger partial charge is 0.497 e. The molecule has 0 atom stereocenters. The van der Waals surface area contributed by atoms with E-state index < -0.39 is 5.97 Å². The van der Waals surface area contributed by atoms with E-state index in [-0.39, 0.29) is 25.0 Å². The van der Waals surface area contributed by atoms with Gasteiger partial charge in [-0.3, -0.25) is 14.5 Å². The molecule has 7 heteroatoms. The normalized spacial score (nSPS) is 13.1. The first-order valence-electron chi connectivity index (χ1n) is 9.86. The molecule has 2 aromatic carbocycles. The average Bonchev–Trinajstić information content (AvgIpc) is 3.24. The second-order valence-corrected chi connectivity index (χ2v) is 7.02. The van der Waals surface area contributed by atoms with Crippen molar-refractivity contribution in [1.82, 2.24) is 9.88 Å². The summed E-state index contributed by atoms with van der Waals surface area (Å²) in [6.45, 7) is 2.30. The highest BCUT2D eigenvalue weighted by atomic mass is 16.5. The van der Waals surface area contributed by atoms with Crippen LogP contribution in [0.2, 0.25) is 0 Å². The van der Waals surface area contributed by atoms with E-state index in [0.29, 0.717) is 35.4 Å². The molecule has 30 heavy (non-hydrogen) atoms. The summed E-state index contributed by atoms with van der Waals surface area (Å²) in [6, 6.07) is 12.4. The number of aromatic amines is 1. The fraction of sp³-hybridized carbons (Fsp3) is 0.261. The summed E-state index contributed by atoms with van der Waals surface area (Å²) >= 11 is 0. The van der Waals surface area contributed by atoms with Gasteiger partial charge in [-0.05, 0) is 49.6 Å². The number of fused-ring (bicyclic) bond motifs is 2. The van der Waals surface area contributed by atoms with Gasteiger partial charge in [-0.1, -0.05) is 12.1 Å². The lowest BCUT2D eigenvalue weighted by Gasteiger charge is -2.13. The van der Waals surface area contributed by atoms with Crippen LogP contribution in [0.25, 0.3) is 10.9 Å². The number of hydrogen-bond donors (Lipinski definition) is 1. The van der Waals surface area contributed by atoms with Gasteiger partial charge in [-0.15, -0.1) is 0 Å². The molecule has 0 saturated heterocycles. The summed E-state index contributed by atoms with van der Waals surface area (Å²) in [4.78, 5) is 42.0. The molecule has 1 aliphatic heterocycles. The van der Waals surface area contributed by atoms with Crippen molar-refractivity contribution >= 4 is 28.7 Å². The van der Waals surface area contributed by atoms with Gasteiger partial charge in [0, 0.05) is 18.0 Å². The van der Waals surface area contributed by atoms with Crippen molar-refractivity contribution in [3.63, 3.8) is 0 Å². The van der Waals surface area contributed by atoms with Crippen molar-refractivity contribution in [3.8, 4) is 5.75 Å². The predicted octanol–water partition coefficient (Wildman–Crippen LogP) is 3.58. The van der Waals surface area contributed by atoms with Gasteiger partial charge < -0.3 is 14.5 Å². The zero-order chi connectivity index (χ0) is 21.3. The van der Waals surface area contributed by atoms with Crippen LogP contribution in [0.15, 0.2) is 42.5 Å². The van der Waals surface area contributed by atoms with Crippen molar-refractivity contribution in [1.29, 1.82) is 0 Å². The number of nitrogens with zero attached hydrogens (tertiary/aromatic N) is 1. The van der Waals surface area contributed by atoms with Gasteiger partial charge in [0.1, 0.15) is 11.4 Å². The van der Waals surface area contributed by atoms with Gasteiger partial charge in [0.25, 0.3) is 11.8 Å². The Kier molecular flexibility index (Phi) is 5.27. The highest BCUT2D eigenvalue weighted by Gasteiger charge is 2.34. The Morgan fingerprint density at radius 1 is 1.07 bits per heavy atom. The van der Waals surface area contributed by atoms with E-state index in [2.05, 4.69) is 4.98 Å². The minimum atomic E-state index is -0.427. The molecule has 154 valence electrons. The Labute approximate surface area is 173 Å². The lowest BCUT2D eigenvalue weighted by Crippen LogP contribution is -2.31. The van der Waals surface area contributed by atoms with E-state index in [1.54, 1.807) is 38.3 Å². The maximum Gasteiger partial charge on any atom is 0.355 e. The molecule has 1 aromatic heterocycles. The summed E-state index contributed by atoms with van der Waals surface area (Å²) in [5, 5.41) is 0.890. The maximum absolute atomic E-state index is 12.6. The van der Waals surface area contributed by atoms with Crippen molar-refractivity contribution in [2.75, 3.05) is 20.3 Å². The number of aryl methyl sites for hydroxylation is 1. The minimum Gasteiger partial charge on any atom is -0.497 e. The second kappa shape index (κ2) is 8.02. The number of benzene rings is 2. The van der Waals surface area contributed by atoms with E-state index >= 15 is 0 Å². The Balaban J connectivity index is 1.56. The van der Waals surface area contributed by atoms with Gasteiger partial charge in [0.2, 0.25) is 0 Å². The van der Waals surface area contributed by atoms with E-state index in [1.165, 1.54) is 4.90 Å². The van der Waals surface area contributed by atoms with Gasteiger partial charge in [0.15, 0.2) is 0 Å². The zero-order valence-corrected chi connectivity index (χ0v) is 16.9. The monoisotopic (exact) mass is 406 g/mol. The number of rotatable bonds is 7. The molecule has 7 nitrogen and oxygen atoms in total. The molecule has 0 saturated carbocycles. The molecule has 0 radical (unpaired) electrons. The smallest absolute Gasteiger partial charge is 0.355 e. The van der Waals surface area contributed by atoms with E-state index in [9.17, 15) is 14.4 Å². The molecular formula is C23H22N2O5. The Morgan fingerprint density at radius 2 is 1.77 bits per heavy atom. The van der Waals surface area contributed by atoms with E-state index in [1.807, 2.05) is 18.2 Å². The number of hydrogen-bond acceptors (Lipinski definition) is 5. The molecule has 0 unspecified atom stereocenters. The Hall–Kier alpha value is -3.61. The molecule has 4 rings (SSSR count). The number of carbonyl (C=O) groups excluding carboxylic acids is 3. The number of ether oxygens (including phenoxy) is 2. The number of amides is 2. The summed E-state index contributed by atoms with van der Waals surface area (Å²) in [5.41, 5.74) is 2.85. The number of carbonyl (C=O) groups is 3. The Bertz CT molecular complexity index is 1110. The molecule has 0 fully saturated rings. The molecular weight excluding hydrogens is 384 g/mol. The van der Waals surface area contributed by atoms with Crippen LogP contribution >= 0.6 is 0 Å². The van der Waals surface area contributed by atoms with Crippen molar-refractivity contribution in [2.45, 2.75) is 19.8 Å². The standard InChI is InChI=1S/C23H22N2O5/c1-3-30-23(28)20-16(15-11-10-14(29-2)13-19(15)24-20)9-6-12-25-21(26)17-7-4-5-8-18(17)22(25)27/h4-5,7-8,10-11,13,24H,3,6,9,12H2,1-2H3. The summed E-state index contributed by atoms with van der Waals surface area (Å²) < 4.78 is 10.5. The molecule has 2 amide bonds. The van der Waals surface area contributed by atoms with Crippen LogP contribution in [0.4, 0.5) is 0 Å².